The molecule has 1 aromatic carbocycles. The summed E-state index contributed by atoms with van der Waals surface area (Å²) < 4.78 is 5.36. The first-order valence-corrected chi connectivity index (χ1v) is 9.82. The summed E-state index contributed by atoms with van der Waals surface area (Å²) in [7, 11) is 1.68. The van der Waals surface area contributed by atoms with Gasteiger partial charge in [0.05, 0.1) is 13.2 Å². The number of fused-ring (bicyclic) bond motifs is 1. The fourth-order valence-electron chi connectivity index (χ4n) is 3.43. The Bertz CT molecular complexity index is 977. The molecule has 0 aliphatic carbocycles. The van der Waals surface area contributed by atoms with Crippen LogP contribution in [0.5, 0.6) is 5.75 Å². The van der Waals surface area contributed by atoms with Gasteiger partial charge in [0.15, 0.2) is 5.13 Å². The van der Waals surface area contributed by atoms with Gasteiger partial charge in [0.1, 0.15) is 5.75 Å². The van der Waals surface area contributed by atoms with Gasteiger partial charge in [-0.1, -0.05) is 6.08 Å². The van der Waals surface area contributed by atoms with Crippen LogP contribution in [0, 0.1) is 0 Å². The first-order valence-electron chi connectivity index (χ1n) is 8.94. The number of H-pyrrole nitrogens is 1. The van der Waals surface area contributed by atoms with Crippen molar-refractivity contribution >= 4 is 38.9 Å². The van der Waals surface area contributed by atoms with Crippen LogP contribution < -0.4 is 10.1 Å². The lowest BCUT2D eigenvalue weighted by molar-refractivity contribution is -0.120. The zero-order valence-electron chi connectivity index (χ0n) is 15.4. The summed E-state index contributed by atoms with van der Waals surface area (Å²) in [4.78, 5) is 22.1. The van der Waals surface area contributed by atoms with Crippen molar-refractivity contribution in [1.29, 1.82) is 0 Å². The monoisotopic (exact) mass is 382 g/mol. The number of aromatic nitrogens is 2. The highest BCUT2D eigenvalue weighted by Crippen LogP contribution is 2.31. The van der Waals surface area contributed by atoms with Gasteiger partial charge >= 0.3 is 0 Å². The molecule has 1 aliphatic rings. The number of benzene rings is 1. The second-order valence-corrected chi connectivity index (χ2v) is 7.49. The molecule has 0 bridgehead atoms. The maximum absolute atomic E-state index is 12.4. The highest BCUT2D eigenvalue weighted by Gasteiger charge is 2.24. The van der Waals surface area contributed by atoms with E-state index in [2.05, 4.69) is 38.5 Å². The molecule has 140 valence electrons. The number of carbonyl (C=O) groups excluding carboxylic acids is 1. The number of aromatic amines is 1. The molecule has 1 amide bonds. The Morgan fingerprint density at radius 2 is 2.33 bits per heavy atom. The van der Waals surface area contributed by atoms with E-state index < -0.39 is 0 Å². The molecule has 0 spiro atoms. The van der Waals surface area contributed by atoms with Gasteiger partial charge in [-0.2, -0.15) is 0 Å². The number of ether oxygens (including phenoxy) is 1. The Kier molecular flexibility index (Phi) is 4.96. The molecule has 0 saturated carbocycles. The fraction of sp³-hybridized carbons (Fsp3) is 0.300. The van der Waals surface area contributed by atoms with E-state index in [9.17, 15) is 4.79 Å². The summed E-state index contributed by atoms with van der Waals surface area (Å²) in [6.07, 6.45) is 6.87. The van der Waals surface area contributed by atoms with Crippen molar-refractivity contribution in [1.82, 2.24) is 14.9 Å². The standard InChI is InChI=1S/C20H22N4O2S/c1-13(19(25)23-20-21-7-10-27-20)24-8-5-14(6-9-24)17-12-22-18-4-3-15(26-2)11-16(17)18/h3-5,7,10-13,22H,6,8-9H2,1-2H3,(H,21,23,25)/t13-/m1/s1. The minimum atomic E-state index is -0.199. The van der Waals surface area contributed by atoms with Crippen LogP contribution in [0.1, 0.15) is 18.9 Å². The zero-order valence-corrected chi connectivity index (χ0v) is 16.2. The van der Waals surface area contributed by atoms with E-state index in [0.717, 1.165) is 30.8 Å². The van der Waals surface area contributed by atoms with Crippen molar-refractivity contribution in [2.75, 3.05) is 25.5 Å². The van der Waals surface area contributed by atoms with Crippen molar-refractivity contribution in [3.05, 3.63) is 47.6 Å². The Balaban J connectivity index is 1.47. The van der Waals surface area contributed by atoms with E-state index >= 15 is 0 Å². The highest BCUT2D eigenvalue weighted by molar-refractivity contribution is 7.13. The number of nitrogens with zero attached hydrogens (tertiary/aromatic N) is 2. The molecule has 0 fully saturated rings. The van der Waals surface area contributed by atoms with Gasteiger partial charge in [0.2, 0.25) is 5.91 Å². The normalized spacial score (nSPS) is 16.1. The van der Waals surface area contributed by atoms with E-state index in [1.165, 1.54) is 27.9 Å². The molecule has 0 saturated heterocycles. The summed E-state index contributed by atoms with van der Waals surface area (Å²) in [6.45, 7) is 3.53. The number of nitrogens with one attached hydrogen (secondary N) is 2. The average molecular weight is 382 g/mol. The van der Waals surface area contributed by atoms with Gasteiger partial charge in [-0.05, 0) is 37.1 Å². The van der Waals surface area contributed by atoms with Crippen LogP contribution in [0.4, 0.5) is 5.13 Å². The summed E-state index contributed by atoms with van der Waals surface area (Å²) in [5.74, 6) is 0.840. The Morgan fingerprint density at radius 3 is 3.04 bits per heavy atom. The van der Waals surface area contributed by atoms with Crippen molar-refractivity contribution in [2.24, 2.45) is 0 Å². The van der Waals surface area contributed by atoms with E-state index in [0.29, 0.717) is 5.13 Å². The number of thiazole rings is 1. The van der Waals surface area contributed by atoms with Gasteiger partial charge in [0.25, 0.3) is 0 Å². The molecule has 0 unspecified atom stereocenters. The molecule has 2 N–H and O–H groups in total. The van der Waals surface area contributed by atoms with Crippen LogP contribution in [0.25, 0.3) is 16.5 Å². The Hall–Kier alpha value is -2.64. The predicted molar refractivity (Wildman–Crippen MR) is 109 cm³/mol. The van der Waals surface area contributed by atoms with Crippen molar-refractivity contribution in [3.8, 4) is 5.75 Å². The van der Waals surface area contributed by atoms with Crippen molar-refractivity contribution in [3.63, 3.8) is 0 Å². The predicted octanol–water partition coefficient (Wildman–Crippen LogP) is 3.75. The summed E-state index contributed by atoms with van der Waals surface area (Å²) in [5.41, 5.74) is 3.62. The maximum Gasteiger partial charge on any atom is 0.243 e. The lowest BCUT2D eigenvalue weighted by atomic mass is 9.98. The van der Waals surface area contributed by atoms with Gasteiger partial charge in [-0.15, -0.1) is 11.3 Å². The minimum absolute atomic E-state index is 0.0152. The van der Waals surface area contributed by atoms with Crippen LogP contribution in [0.2, 0.25) is 0 Å². The third-order valence-electron chi connectivity index (χ3n) is 5.07. The van der Waals surface area contributed by atoms with E-state index in [4.69, 9.17) is 4.74 Å². The van der Waals surface area contributed by atoms with Gasteiger partial charge in [-0.25, -0.2) is 4.98 Å². The molecule has 2 aromatic heterocycles. The van der Waals surface area contributed by atoms with E-state index in [-0.39, 0.29) is 11.9 Å². The van der Waals surface area contributed by atoms with E-state index in [1.54, 1.807) is 13.3 Å². The van der Waals surface area contributed by atoms with Crippen LogP contribution in [-0.2, 0) is 4.79 Å². The number of carbonyl (C=O) groups is 1. The molecular formula is C20H22N4O2S. The van der Waals surface area contributed by atoms with Crippen LogP contribution in [-0.4, -0.2) is 47.0 Å². The maximum atomic E-state index is 12.4. The fourth-order valence-corrected chi connectivity index (χ4v) is 3.97. The first kappa shape index (κ1) is 17.8. The molecule has 6 nitrogen and oxygen atoms in total. The number of anilines is 1. The second-order valence-electron chi connectivity index (χ2n) is 6.59. The third-order valence-corrected chi connectivity index (χ3v) is 5.75. The van der Waals surface area contributed by atoms with E-state index in [1.807, 2.05) is 24.4 Å². The molecule has 4 rings (SSSR count). The van der Waals surface area contributed by atoms with Gasteiger partial charge in [0, 0.05) is 47.3 Å². The third kappa shape index (κ3) is 3.61. The smallest absolute Gasteiger partial charge is 0.243 e. The number of hydrogen-bond donors (Lipinski definition) is 2. The number of rotatable bonds is 5. The van der Waals surface area contributed by atoms with Gasteiger partial charge < -0.3 is 15.0 Å². The first-order chi connectivity index (χ1) is 13.2. The topological polar surface area (TPSA) is 70.2 Å². The second kappa shape index (κ2) is 7.54. The lowest BCUT2D eigenvalue weighted by Gasteiger charge is -2.30. The number of methoxy groups -OCH3 is 1. The number of hydrogen-bond acceptors (Lipinski definition) is 5. The Morgan fingerprint density at radius 1 is 1.44 bits per heavy atom. The highest BCUT2D eigenvalue weighted by atomic mass is 32.1. The van der Waals surface area contributed by atoms with Crippen LogP contribution in [0.15, 0.2) is 42.0 Å². The minimum Gasteiger partial charge on any atom is -0.497 e. The molecule has 0 radical (unpaired) electrons. The van der Waals surface area contributed by atoms with Crippen molar-refractivity contribution < 1.29 is 9.53 Å². The molecule has 3 heterocycles. The largest absolute Gasteiger partial charge is 0.497 e. The Labute approximate surface area is 161 Å². The SMILES string of the molecule is COc1ccc2[nH]cc(C3=CCN([C@H](C)C(=O)Nc4nccs4)CC3)c2c1. The molecule has 27 heavy (non-hydrogen) atoms. The van der Waals surface area contributed by atoms with Crippen LogP contribution in [0.3, 0.4) is 0 Å². The average Bonchev–Trinajstić information content (AvgIpc) is 3.36. The molecule has 7 heteroatoms. The van der Waals surface area contributed by atoms with Crippen LogP contribution >= 0.6 is 11.3 Å². The summed E-state index contributed by atoms with van der Waals surface area (Å²) >= 11 is 1.43. The van der Waals surface area contributed by atoms with Crippen molar-refractivity contribution in [2.45, 2.75) is 19.4 Å². The lowest BCUT2D eigenvalue weighted by Crippen LogP contribution is -2.44. The molecular weight excluding hydrogens is 360 g/mol. The number of amides is 1. The van der Waals surface area contributed by atoms with Gasteiger partial charge in [-0.3, -0.25) is 9.69 Å². The summed E-state index contributed by atoms with van der Waals surface area (Å²) in [6, 6.07) is 5.87. The molecule has 1 atom stereocenters. The molecule has 3 aromatic rings. The molecule has 1 aliphatic heterocycles. The summed E-state index contributed by atoms with van der Waals surface area (Å²) in [5, 5.41) is 6.55. The quantitative estimate of drug-likeness (QED) is 0.705. The zero-order chi connectivity index (χ0) is 18.8.